The van der Waals surface area contributed by atoms with E-state index < -0.39 is 7.87 Å². The third kappa shape index (κ3) is 2.11. The zero-order chi connectivity index (χ0) is 12.4. The van der Waals surface area contributed by atoms with Gasteiger partial charge >= 0.3 is 7.87 Å². The molecule has 3 heterocycles. The quantitative estimate of drug-likeness (QED) is 0.460. The molecule has 3 aliphatic heterocycles. The van der Waals surface area contributed by atoms with Gasteiger partial charge in [0.25, 0.3) is 0 Å². The smallest absolute Gasteiger partial charge is 0.235 e. The van der Waals surface area contributed by atoms with Gasteiger partial charge in [0.2, 0.25) is 0 Å². The average Bonchev–Trinajstić information content (AvgIpc) is 3.16. The van der Waals surface area contributed by atoms with Gasteiger partial charge in [-0.25, -0.2) is 5.84 Å². The lowest BCUT2D eigenvalue weighted by Crippen LogP contribution is -2.51. The minimum absolute atomic E-state index is 1.23. The highest BCUT2D eigenvalue weighted by atomic mass is 31.2. The van der Waals surface area contributed by atoms with Gasteiger partial charge in [-0.15, -0.1) is 14.0 Å². The van der Waals surface area contributed by atoms with Crippen molar-refractivity contribution in [1.29, 1.82) is 0 Å². The molecule has 3 N–H and O–H groups in total. The minimum Gasteiger partial charge on any atom is -0.235 e. The molecule has 6 heteroatoms. The molecule has 0 atom stereocenters. The highest BCUT2D eigenvalue weighted by molar-refractivity contribution is 7.67. The first-order chi connectivity index (χ1) is 8.88. The predicted octanol–water partition coefficient (Wildman–Crippen LogP) is 1.41. The summed E-state index contributed by atoms with van der Waals surface area (Å²) in [6, 6.07) is 0. The summed E-state index contributed by atoms with van der Waals surface area (Å²) in [5, 5.41) is 3.33. The fraction of sp³-hybridized carbons (Fsp3) is 1.00. The van der Waals surface area contributed by atoms with Gasteiger partial charge in [0.1, 0.15) is 0 Å². The molecule has 0 radical (unpaired) electrons. The lowest BCUT2D eigenvalue weighted by atomic mass is 10.4. The third-order valence-corrected chi connectivity index (χ3v) is 8.52. The largest absolute Gasteiger partial charge is 0.320 e. The second-order valence-corrected chi connectivity index (χ2v) is 8.77. The summed E-state index contributed by atoms with van der Waals surface area (Å²) in [6.07, 6.45) is 8.03. The number of hydrogen-bond acceptors (Lipinski definition) is 5. The third-order valence-electron chi connectivity index (χ3n) is 4.60. The molecule has 3 aliphatic rings. The van der Waals surface area contributed by atoms with E-state index in [2.05, 4.69) is 19.2 Å². The highest BCUT2D eigenvalue weighted by Gasteiger charge is 2.58. The minimum atomic E-state index is -1.59. The molecule has 3 saturated heterocycles. The number of hydrogen-bond donors (Lipinski definition) is 2. The molecule has 0 saturated carbocycles. The Morgan fingerprint density at radius 3 is 1.11 bits per heavy atom. The Balaban J connectivity index is 1.87. The molecule has 3 rings (SSSR count). The summed E-state index contributed by atoms with van der Waals surface area (Å²) in [7, 11) is -1.59. The van der Waals surface area contributed by atoms with Crippen LogP contribution in [-0.4, -0.2) is 53.3 Å². The molecule has 0 aromatic heterocycles. The van der Waals surface area contributed by atoms with Crippen LogP contribution in [0.5, 0.6) is 0 Å². The van der Waals surface area contributed by atoms with Crippen molar-refractivity contribution in [3.63, 3.8) is 0 Å². The van der Waals surface area contributed by atoms with E-state index >= 15 is 0 Å². The van der Waals surface area contributed by atoms with Crippen LogP contribution >= 0.6 is 7.87 Å². The molecule has 104 valence electrons. The first kappa shape index (κ1) is 13.2. The Labute approximate surface area is 111 Å². The van der Waals surface area contributed by atoms with Gasteiger partial charge < -0.3 is 0 Å². The van der Waals surface area contributed by atoms with Gasteiger partial charge in [0.15, 0.2) is 0 Å². The van der Waals surface area contributed by atoms with Gasteiger partial charge in [-0.2, -0.15) is 0 Å². The molecule has 0 amide bonds. The van der Waals surface area contributed by atoms with Crippen LogP contribution in [0.2, 0.25) is 0 Å². The topological polar surface area (TPSA) is 47.8 Å². The van der Waals surface area contributed by atoms with E-state index in [1.165, 1.54) is 77.8 Å². The molecule has 0 spiro atoms. The fourth-order valence-corrected chi connectivity index (χ4v) is 7.80. The van der Waals surface area contributed by atoms with Crippen molar-refractivity contribution in [2.24, 2.45) is 5.84 Å². The predicted molar refractivity (Wildman–Crippen MR) is 76.7 cm³/mol. The molecule has 3 fully saturated rings. The van der Waals surface area contributed by atoms with Gasteiger partial charge in [0, 0.05) is 39.3 Å². The molecule has 18 heavy (non-hydrogen) atoms. The summed E-state index contributed by atoms with van der Waals surface area (Å²) >= 11 is 0. The van der Waals surface area contributed by atoms with Gasteiger partial charge in [-0.3, -0.25) is 0 Å². The van der Waals surface area contributed by atoms with Crippen LogP contribution in [0.3, 0.4) is 0 Å². The Hall–Kier alpha value is 0.230. The number of nitrogens with one attached hydrogen (secondary N) is 1. The van der Waals surface area contributed by atoms with E-state index in [1.54, 1.807) is 0 Å². The van der Waals surface area contributed by atoms with Crippen LogP contribution in [0.1, 0.15) is 38.5 Å². The van der Waals surface area contributed by atoms with Crippen LogP contribution in [0.25, 0.3) is 0 Å². The molecular formula is C12H27N5P+. The first-order valence-electron chi connectivity index (χ1n) is 7.51. The monoisotopic (exact) mass is 272 g/mol. The van der Waals surface area contributed by atoms with Crippen LogP contribution in [0.15, 0.2) is 0 Å². The van der Waals surface area contributed by atoms with E-state index in [1.807, 2.05) is 0 Å². The Morgan fingerprint density at radius 2 is 0.889 bits per heavy atom. The summed E-state index contributed by atoms with van der Waals surface area (Å²) in [4.78, 5) is 0. The number of nitrogens with zero attached hydrogens (tertiary/aromatic N) is 3. The molecule has 0 aromatic rings. The molecule has 0 bridgehead atoms. The molecular weight excluding hydrogens is 245 g/mol. The standard InChI is InChI=1S/C12H27N5P/c13-14-18(15-7-1-2-8-15,16-9-3-4-10-16)17-11-5-6-12-17/h14H,1-13H2/q+1. The van der Waals surface area contributed by atoms with Crippen molar-refractivity contribution in [1.82, 2.24) is 19.2 Å². The van der Waals surface area contributed by atoms with Gasteiger partial charge in [0.05, 0.1) is 0 Å². The molecule has 0 aromatic carbocycles. The zero-order valence-corrected chi connectivity index (χ0v) is 12.2. The van der Waals surface area contributed by atoms with Crippen molar-refractivity contribution >= 4 is 7.87 Å². The molecule has 0 unspecified atom stereocenters. The maximum Gasteiger partial charge on any atom is 0.320 e. The van der Waals surface area contributed by atoms with E-state index in [9.17, 15) is 0 Å². The second-order valence-electron chi connectivity index (χ2n) is 5.68. The summed E-state index contributed by atoms with van der Waals surface area (Å²) in [5.74, 6) is 6.12. The molecule has 5 nitrogen and oxygen atoms in total. The van der Waals surface area contributed by atoms with Gasteiger partial charge in [-0.05, 0) is 38.5 Å². The normalized spacial score (nSPS) is 28.5. The maximum absolute atomic E-state index is 6.12. The van der Waals surface area contributed by atoms with Crippen molar-refractivity contribution in [2.75, 3.05) is 39.3 Å². The van der Waals surface area contributed by atoms with Gasteiger partial charge in [-0.1, -0.05) is 5.20 Å². The maximum atomic E-state index is 6.12. The van der Waals surface area contributed by atoms with Crippen molar-refractivity contribution in [3.8, 4) is 0 Å². The lowest BCUT2D eigenvalue weighted by molar-refractivity contribution is 0.359. The van der Waals surface area contributed by atoms with E-state index in [0.717, 1.165) is 0 Å². The Bertz CT molecular complexity index is 229. The fourth-order valence-electron chi connectivity index (χ4n) is 3.72. The summed E-state index contributed by atoms with van der Waals surface area (Å²) < 4.78 is 8.05. The van der Waals surface area contributed by atoms with Crippen LogP contribution in [0, 0.1) is 0 Å². The number of nitrogens with two attached hydrogens (primary N) is 1. The summed E-state index contributed by atoms with van der Waals surface area (Å²) in [6.45, 7) is 7.36. The SMILES string of the molecule is NN[P+](N1CCCC1)(N1CCCC1)N1CCCC1. The Morgan fingerprint density at radius 1 is 0.611 bits per heavy atom. The second kappa shape index (κ2) is 5.70. The van der Waals surface area contributed by atoms with Crippen LogP contribution < -0.4 is 11.0 Å². The highest BCUT2D eigenvalue weighted by Crippen LogP contribution is 2.66. The number of hydrazine groups is 1. The van der Waals surface area contributed by atoms with Crippen LogP contribution in [-0.2, 0) is 0 Å². The number of rotatable bonds is 4. The van der Waals surface area contributed by atoms with E-state index in [4.69, 9.17) is 5.84 Å². The Kier molecular flexibility index (Phi) is 4.18. The zero-order valence-electron chi connectivity index (χ0n) is 11.4. The first-order valence-corrected chi connectivity index (χ1v) is 9.16. The van der Waals surface area contributed by atoms with Crippen LogP contribution in [0.4, 0.5) is 0 Å². The lowest BCUT2D eigenvalue weighted by Gasteiger charge is -2.42. The van der Waals surface area contributed by atoms with Crippen molar-refractivity contribution in [3.05, 3.63) is 0 Å². The average molecular weight is 272 g/mol. The molecule has 0 aliphatic carbocycles. The van der Waals surface area contributed by atoms with Crippen molar-refractivity contribution < 1.29 is 0 Å². The van der Waals surface area contributed by atoms with E-state index in [0.29, 0.717) is 0 Å². The summed E-state index contributed by atoms with van der Waals surface area (Å²) in [5.41, 5.74) is 0. The van der Waals surface area contributed by atoms with E-state index in [-0.39, 0.29) is 0 Å². The van der Waals surface area contributed by atoms with Crippen molar-refractivity contribution in [2.45, 2.75) is 38.5 Å².